The van der Waals surface area contributed by atoms with Crippen LogP contribution in [0, 0.1) is 85.0 Å². The molecule has 0 spiro atoms. The third-order valence-electron chi connectivity index (χ3n) is 12.1. The van der Waals surface area contributed by atoms with Gasteiger partial charge in [-0.15, -0.1) is 61.7 Å². The highest BCUT2D eigenvalue weighted by molar-refractivity contribution is 6.13. The van der Waals surface area contributed by atoms with Crippen molar-refractivity contribution in [3.8, 4) is 61.7 Å². The number of nitrogens with two attached hydrogens (primary N) is 1. The number of carboxylic acids is 1. The first-order chi connectivity index (χ1) is 49.8. The number of carbonyl (C=O) groups excluding carboxylic acids is 8. The van der Waals surface area contributed by atoms with Crippen molar-refractivity contribution in [2.24, 2.45) is 10.7 Å². The zero-order chi connectivity index (χ0) is 82.4. The summed E-state index contributed by atoms with van der Waals surface area (Å²) in [4.78, 5) is 112. The summed E-state index contributed by atoms with van der Waals surface area (Å²) >= 11 is 0. The van der Waals surface area contributed by atoms with Gasteiger partial charge < -0.3 is 65.6 Å². The Bertz CT molecular complexity index is 3720. The van der Waals surface area contributed by atoms with E-state index in [1.54, 1.807) is 96.9 Å². The topological polar surface area (TPSA) is 348 Å². The molecule has 4 aromatic carbocycles. The van der Waals surface area contributed by atoms with Crippen molar-refractivity contribution in [2.45, 2.75) is 188 Å². The summed E-state index contributed by atoms with van der Waals surface area (Å²) in [5.41, 5.74) is 4.52. The number of rotatable bonds is 23. The van der Waals surface area contributed by atoms with Crippen molar-refractivity contribution in [3.05, 3.63) is 143 Å². The normalized spacial score (nSPS) is 12.1. The number of nitrogens with zero attached hydrogens (tertiary/aromatic N) is 2. The van der Waals surface area contributed by atoms with Crippen molar-refractivity contribution in [1.82, 2.24) is 26.3 Å². The number of alkyl carbamates (subject to hydrolysis) is 4. The number of carbonyl (C=O) groups is 9. The van der Waals surface area contributed by atoms with Crippen molar-refractivity contribution in [2.75, 3.05) is 33.9 Å². The molecule has 0 aromatic heterocycles. The second-order valence-electron chi connectivity index (χ2n) is 25.9. The quantitative estimate of drug-likeness (QED) is 0.00690. The number of amides is 5. The van der Waals surface area contributed by atoms with E-state index in [1.165, 1.54) is 14.2 Å². The maximum Gasteiger partial charge on any atom is 0.408 e. The van der Waals surface area contributed by atoms with Crippen LogP contribution in [0.5, 0.6) is 0 Å². The summed E-state index contributed by atoms with van der Waals surface area (Å²) in [6, 6.07) is 20.0. The maximum atomic E-state index is 13.7. The van der Waals surface area contributed by atoms with Crippen molar-refractivity contribution >= 4 is 59.7 Å². The number of benzene rings is 4. The first kappa shape index (κ1) is 97.6. The number of aliphatic hydroxyl groups excluding tert-OH is 1. The van der Waals surface area contributed by atoms with E-state index in [-0.39, 0.29) is 50.2 Å². The molecule has 25 nitrogen and oxygen atoms in total. The van der Waals surface area contributed by atoms with Gasteiger partial charge in [0.2, 0.25) is 0 Å². The molecule has 6 atom stereocenters. The van der Waals surface area contributed by atoms with E-state index in [0.29, 0.717) is 13.2 Å². The minimum Gasteiger partial charge on any atom is -0.480 e. The highest BCUT2D eigenvalue weighted by Crippen LogP contribution is 2.24. The Kier molecular flexibility index (Phi) is 45.7. The molecule has 29 heteroatoms. The number of Topliss-reactive ketones (excluding diaryl/α,β-unsaturated/α-hetero) is 1. The predicted octanol–water partition coefficient (Wildman–Crippen LogP) is 10.9. The number of aliphatic carboxylic acids is 1. The van der Waals surface area contributed by atoms with Gasteiger partial charge in [0, 0.05) is 55.8 Å². The monoisotopic (exact) mass is 1500 g/mol. The summed E-state index contributed by atoms with van der Waals surface area (Å²) < 4.78 is 83.3. The molecule has 0 aliphatic heterocycles. The third-order valence-corrected chi connectivity index (χ3v) is 12.1. The van der Waals surface area contributed by atoms with E-state index in [0.717, 1.165) is 58.3 Å². The van der Waals surface area contributed by atoms with E-state index in [9.17, 15) is 65.8 Å². The molecule has 582 valence electrons. The van der Waals surface area contributed by atoms with Gasteiger partial charge in [0.25, 0.3) is 5.91 Å². The molecular formula is C78H99F4N7O18. The fraction of sp³-hybridized carbons (Fsp3) is 0.436. The second kappa shape index (κ2) is 50.1. The fourth-order valence-electron chi connectivity index (χ4n) is 7.63. The molecule has 0 aliphatic rings. The molecule has 0 aliphatic carbocycles. The van der Waals surface area contributed by atoms with Crippen LogP contribution in [0.25, 0.3) is 0 Å². The number of aliphatic hydroxyl groups is 1. The Morgan fingerprint density at radius 1 is 0.533 bits per heavy atom. The molecule has 0 fully saturated rings. The number of nitrogens with one attached hydrogen (secondary N) is 4. The van der Waals surface area contributed by atoms with Crippen molar-refractivity contribution in [1.29, 1.82) is 0 Å². The third kappa shape index (κ3) is 44.8. The molecule has 5 amide bonds. The first-order valence-electron chi connectivity index (χ1n) is 32.8. The number of ketones is 1. The lowest BCUT2D eigenvalue weighted by atomic mass is 9.99. The number of hydrogen-bond acceptors (Lipinski definition) is 19. The van der Waals surface area contributed by atoms with Crippen LogP contribution < -0.4 is 27.0 Å². The Morgan fingerprint density at radius 3 is 1.32 bits per heavy atom. The van der Waals surface area contributed by atoms with Gasteiger partial charge in [-0.3, -0.25) is 29.0 Å². The van der Waals surface area contributed by atoms with Gasteiger partial charge in [0.1, 0.15) is 82.5 Å². The summed E-state index contributed by atoms with van der Waals surface area (Å²) in [6.45, 7) is 24.5. The summed E-state index contributed by atoms with van der Waals surface area (Å²) in [5.74, 6) is 4.93. The number of hydrogen-bond donors (Lipinski definition) is 7. The van der Waals surface area contributed by atoms with Crippen LogP contribution >= 0.6 is 0 Å². The SMILES string of the molecule is C#CCC(N)C(=O)OCC.C#CCC(NC(=O)OC(C)(C)C)C(=O)N(C)OC.C#CCC(NC(=O)OC(C)(C)C)C(=O)O.C#CCC(NC(=O)OC(C)(C)C)C(=O)c1cc(F)ccc1F.C#CC[C@H](NC(=O)OC(C)(C)C)[C@H](O)c1cc(F)ccc1F.CCOC(=O)CN=C(c1ccccc1)c1ccccc1. The van der Waals surface area contributed by atoms with Gasteiger partial charge in [0.15, 0.2) is 5.78 Å². The average molecular weight is 1500 g/mol. The number of aliphatic imine (C=N–C) groups is 1. The van der Waals surface area contributed by atoms with Gasteiger partial charge in [-0.05, 0) is 133 Å². The van der Waals surface area contributed by atoms with Crippen LogP contribution in [-0.2, 0) is 52.4 Å². The van der Waals surface area contributed by atoms with Crippen LogP contribution in [0.4, 0.5) is 36.7 Å². The lowest BCUT2D eigenvalue weighted by molar-refractivity contribution is -0.170. The molecule has 0 heterocycles. The second-order valence-corrected chi connectivity index (χ2v) is 25.9. The Morgan fingerprint density at radius 2 is 0.916 bits per heavy atom. The molecule has 4 unspecified atom stereocenters. The Balaban J connectivity index is 0. The van der Waals surface area contributed by atoms with E-state index in [1.807, 2.05) is 60.7 Å². The summed E-state index contributed by atoms with van der Waals surface area (Å²) in [6.07, 6.45) is 20.7. The standard InChI is InChI=1S/C17H17NO2.C16H19F2NO3.C16H17F2NO3.C12H20N2O4.C10H15NO4.C7H11NO2/c1-2-20-16(19)13-18-17(14-9-5-3-6-10-14)15-11-7-4-8-12-15;2*1-5-6-13(19-15(21)22-16(2,3)4)14(20)11-9-10(17)7-8-12(11)18;1-7-8-9(10(15)14(5)17-6)13-11(16)18-12(2,3)4;1-5-6-7(8(12)13)11-9(14)15-10(2,3)4;1-3-5-6(8)7(9)10-4-2/h3-12H,2,13H2,1H3;1,7-9,13-14,20H,6H2,2-4H3,(H,19,21);1,7-9,13H,6H2,2-4H3,(H,19,21);1,9H,8H2,2-6H3,(H,13,16);1,7H,6H2,2-4H3,(H,11,14)(H,12,13);1,6H,4-5,8H2,2H3/t;13-,14+;;;;/m.0..../s1. The van der Waals surface area contributed by atoms with Gasteiger partial charge in [0.05, 0.1) is 37.6 Å². The van der Waals surface area contributed by atoms with Crippen LogP contribution in [0.2, 0.25) is 0 Å². The molecule has 0 radical (unpaired) electrons. The van der Waals surface area contributed by atoms with Crippen LogP contribution in [0.3, 0.4) is 0 Å². The molecule has 107 heavy (non-hydrogen) atoms. The minimum absolute atomic E-state index is 0.0347. The molecule has 0 bridgehead atoms. The molecule has 0 saturated heterocycles. The predicted molar refractivity (Wildman–Crippen MR) is 394 cm³/mol. The van der Waals surface area contributed by atoms with E-state index in [2.05, 4.69) is 60.6 Å². The number of halogens is 4. The zero-order valence-electron chi connectivity index (χ0n) is 63.2. The molecule has 8 N–H and O–H groups in total. The van der Waals surface area contributed by atoms with E-state index < -0.39 is 136 Å². The summed E-state index contributed by atoms with van der Waals surface area (Å²) in [7, 11) is 2.78. The smallest absolute Gasteiger partial charge is 0.408 e. The van der Waals surface area contributed by atoms with Crippen molar-refractivity contribution < 1.29 is 104 Å². The zero-order valence-corrected chi connectivity index (χ0v) is 63.2. The largest absolute Gasteiger partial charge is 0.480 e. The van der Waals surface area contributed by atoms with Crippen LogP contribution in [0.15, 0.2) is 102 Å². The number of likely N-dealkylation sites (N-methyl/N-ethyl adjacent to an activating group) is 1. The molecule has 4 aromatic rings. The number of terminal acetylenes is 5. The highest BCUT2D eigenvalue weighted by Gasteiger charge is 2.31. The van der Waals surface area contributed by atoms with Gasteiger partial charge in [-0.1, -0.05) is 60.7 Å². The maximum absolute atomic E-state index is 13.7. The molecule has 0 saturated carbocycles. The highest BCUT2D eigenvalue weighted by atomic mass is 19.1. The van der Waals surface area contributed by atoms with Crippen LogP contribution in [0.1, 0.15) is 162 Å². The number of ether oxygens (including phenoxy) is 6. The Hall–Kier alpha value is -11.4. The van der Waals surface area contributed by atoms with Gasteiger partial charge in [-0.25, -0.2) is 46.6 Å². The van der Waals surface area contributed by atoms with Crippen LogP contribution in [-0.4, -0.2) is 161 Å². The minimum atomic E-state index is -1.50. The van der Waals surface area contributed by atoms with E-state index >= 15 is 0 Å². The number of hydroxylamine groups is 2. The van der Waals surface area contributed by atoms with Crippen molar-refractivity contribution in [3.63, 3.8) is 0 Å². The van der Waals surface area contributed by atoms with Gasteiger partial charge in [-0.2, -0.15) is 0 Å². The fourth-order valence-corrected chi connectivity index (χ4v) is 7.63. The average Bonchev–Trinajstić information content (AvgIpc) is 0.847. The molecule has 4 rings (SSSR count). The first-order valence-corrected chi connectivity index (χ1v) is 32.8. The number of esters is 2. The molecular weight excluding hydrogens is 1400 g/mol. The lowest BCUT2D eigenvalue weighted by Crippen LogP contribution is -2.48. The lowest BCUT2D eigenvalue weighted by Gasteiger charge is -2.26. The summed E-state index contributed by atoms with van der Waals surface area (Å²) in [5, 5.41) is 29.1. The van der Waals surface area contributed by atoms with Gasteiger partial charge >= 0.3 is 42.3 Å². The number of carboxylic acid groups (broad SMARTS) is 1. The Labute approximate surface area is 624 Å². The van der Waals surface area contributed by atoms with E-state index in [4.69, 9.17) is 71.5 Å².